The highest BCUT2D eigenvalue weighted by atomic mass is 16.3. The van der Waals surface area contributed by atoms with Crippen molar-refractivity contribution in [2.24, 2.45) is 0 Å². The van der Waals surface area contributed by atoms with Gasteiger partial charge < -0.3 is 14.6 Å². The zero-order chi connectivity index (χ0) is 13.8. The van der Waals surface area contributed by atoms with Gasteiger partial charge in [0.25, 0.3) is 0 Å². The minimum absolute atomic E-state index is 0.0123. The van der Waals surface area contributed by atoms with Crippen molar-refractivity contribution in [1.82, 2.24) is 10.2 Å². The summed E-state index contributed by atoms with van der Waals surface area (Å²) in [5, 5.41) is 2.79. The van der Waals surface area contributed by atoms with Gasteiger partial charge >= 0.3 is 0 Å². The molecule has 19 heavy (non-hydrogen) atoms. The van der Waals surface area contributed by atoms with Gasteiger partial charge in [-0.2, -0.15) is 0 Å². The van der Waals surface area contributed by atoms with E-state index in [1.165, 1.54) is 0 Å². The highest BCUT2D eigenvalue weighted by molar-refractivity contribution is 5.89. The van der Waals surface area contributed by atoms with Crippen LogP contribution in [0.5, 0.6) is 0 Å². The summed E-state index contributed by atoms with van der Waals surface area (Å²) in [6.45, 7) is 4.76. The number of nitrogens with one attached hydrogen (secondary N) is 1. The first-order valence-electron chi connectivity index (χ1n) is 6.73. The highest BCUT2D eigenvalue weighted by Crippen LogP contribution is 2.14. The summed E-state index contributed by atoms with van der Waals surface area (Å²) in [6, 6.07) is 3.36. The molecule has 1 aromatic heterocycles. The van der Waals surface area contributed by atoms with Crippen LogP contribution in [0.4, 0.5) is 0 Å². The van der Waals surface area contributed by atoms with Gasteiger partial charge in [-0.15, -0.1) is 0 Å². The molecule has 0 saturated carbocycles. The molecule has 0 spiro atoms. The molecule has 0 aromatic carbocycles. The van der Waals surface area contributed by atoms with E-state index in [1.807, 2.05) is 26.0 Å². The van der Waals surface area contributed by atoms with Gasteiger partial charge in [-0.05, 0) is 25.5 Å². The Labute approximate surface area is 113 Å². The lowest BCUT2D eigenvalue weighted by molar-refractivity contribution is -0.134. The van der Waals surface area contributed by atoms with E-state index in [4.69, 9.17) is 4.42 Å². The standard InChI is InChI=1S/C14H20N2O3/c1-3-4-12-14(18)16(8-7-13(17)15-12)9-11-6-5-10(2)19-11/h5-6,12H,3-4,7-9H2,1-2H3,(H,15,17). The van der Waals surface area contributed by atoms with Gasteiger partial charge in [0, 0.05) is 13.0 Å². The van der Waals surface area contributed by atoms with Crippen molar-refractivity contribution in [1.29, 1.82) is 0 Å². The topological polar surface area (TPSA) is 62.6 Å². The monoisotopic (exact) mass is 264 g/mol. The van der Waals surface area contributed by atoms with E-state index in [0.29, 0.717) is 25.9 Å². The summed E-state index contributed by atoms with van der Waals surface area (Å²) in [5.74, 6) is 1.53. The SMILES string of the molecule is CCCC1NC(=O)CCN(Cc2ccc(C)o2)C1=O. The third-order valence-corrected chi connectivity index (χ3v) is 3.27. The molecule has 1 aliphatic rings. The van der Waals surface area contributed by atoms with E-state index in [1.54, 1.807) is 4.90 Å². The van der Waals surface area contributed by atoms with Crippen LogP contribution < -0.4 is 5.32 Å². The zero-order valence-corrected chi connectivity index (χ0v) is 11.4. The van der Waals surface area contributed by atoms with Crippen molar-refractivity contribution < 1.29 is 14.0 Å². The molecule has 1 fully saturated rings. The molecule has 2 amide bonds. The molecule has 2 heterocycles. The molecule has 0 bridgehead atoms. The summed E-state index contributed by atoms with van der Waals surface area (Å²) < 4.78 is 5.50. The van der Waals surface area contributed by atoms with Crippen LogP contribution >= 0.6 is 0 Å². The number of amides is 2. The van der Waals surface area contributed by atoms with Crippen LogP contribution in [0, 0.1) is 6.92 Å². The second-order valence-electron chi connectivity index (χ2n) is 4.93. The van der Waals surface area contributed by atoms with Gasteiger partial charge in [-0.1, -0.05) is 13.3 Å². The Bertz CT molecular complexity index is 467. The predicted octanol–water partition coefficient (Wildman–Crippen LogP) is 1.61. The number of carbonyl (C=O) groups is 2. The first-order valence-corrected chi connectivity index (χ1v) is 6.73. The Hall–Kier alpha value is -1.78. The third-order valence-electron chi connectivity index (χ3n) is 3.27. The number of aryl methyl sites for hydroxylation is 1. The smallest absolute Gasteiger partial charge is 0.245 e. The van der Waals surface area contributed by atoms with Crippen molar-refractivity contribution >= 4 is 11.8 Å². The molecule has 1 aromatic rings. The summed E-state index contributed by atoms with van der Waals surface area (Å²) >= 11 is 0. The molecule has 0 aliphatic carbocycles. The fourth-order valence-corrected chi connectivity index (χ4v) is 2.29. The summed E-state index contributed by atoms with van der Waals surface area (Å²) in [6.07, 6.45) is 1.90. The van der Waals surface area contributed by atoms with Gasteiger partial charge in [-0.25, -0.2) is 0 Å². The Morgan fingerprint density at radius 2 is 2.21 bits per heavy atom. The Morgan fingerprint density at radius 1 is 1.42 bits per heavy atom. The number of rotatable bonds is 4. The first-order chi connectivity index (χ1) is 9.10. The van der Waals surface area contributed by atoms with Gasteiger partial charge in [0.1, 0.15) is 17.6 Å². The van der Waals surface area contributed by atoms with E-state index in [2.05, 4.69) is 5.32 Å². The van der Waals surface area contributed by atoms with Crippen molar-refractivity contribution in [3.63, 3.8) is 0 Å². The minimum atomic E-state index is -0.393. The molecule has 0 radical (unpaired) electrons. The number of nitrogens with zero attached hydrogens (tertiary/aromatic N) is 1. The third kappa shape index (κ3) is 3.36. The summed E-state index contributed by atoms with van der Waals surface area (Å²) in [5.41, 5.74) is 0. The number of hydrogen-bond acceptors (Lipinski definition) is 3. The fourth-order valence-electron chi connectivity index (χ4n) is 2.29. The van der Waals surface area contributed by atoms with Crippen molar-refractivity contribution in [2.75, 3.05) is 6.54 Å². The lowest BCUT2D eigenvalue weighted by atomic mass is 10.1. The highest BCUT2D eigenvalue weighted by Gasteiger charge is 2.29. The van der Waals surface area contributed by atoms with Crippen molar-refractivity contribution in [3.05, 3.63) is 23.7 Å². The van der Waals surface area contributed by atoms with Crippen molar-refractivity contribution in [2.45, 2.75) is 45.7 Å². The molecular weight excluding hydrogens is 244 g/mol. The van der Waals surface area contributed by atoms with Crippen LogP contribution in [0.3, 0.4) is 0 Å². The average Bonchev–Trinajstić information content (AvgIpc) is 2.73. The van der Waals surface area contributed by atoms with E-state index in [-0.39, 0.29) is 11.8 Å². The number of carbonyl (C=O) groups excluding carboxylic acids is 2. The van der Waals surface area contributed by atoms with Gasteiger partial charge in [0.15, 0.2) is 0 Å². The van der Waals surface area contributed by atoms with E-state index in [0.717, 1.165) is 17.9 Å². The van der Waals surface area contributed by atoms with Crippen molar-refractivity contribution in [3.8, 4) is 0 Å². The lowest BCUT2D eigenvalue weighted by Crippen LogP contribution is -2.44. The molecule has 1 saturated heterocycles. The molecule has 1 atom stereocenters. The normalized spacial score (nSPS) is 20.3. The molecular formula is C14H20N2O3. The van der Waals surface area contributed by atoms with E-state index in [9.17, 15) is 9.59 Å². The van der Waals surface area contributed by atoms with Crippen LogP contribution in [0.2, 0.25) is 0 Å². The maximum Gasteiger partial charge on any atom is 0.245 e. The molecule has 5 heteroatoms. The molecule has 2 rings (SSSR count). The summed E-state index contributed by atoms with van der Waals surface area (Å²) in [7, 11) is 0. The van der Waals surface area contributed by atoms with Crippen LogP contribution in [0.1, 0.15) is 37.7 Å². The first kappa shape index (κ1) is 13.6. The lowest BCUT2D eigenvalue weighted by Gasteiger charge is -2.22. The van der Waals surface area contributed by atoms with Crippen LogP contribution in [-0.4, -0.2) is 29.3 Å². The molecule has 5 nitrogen and oxygen atoms in total. The van der Waals surface area contributed by atoms with Gasteiger partial charge in [0.05, 0.1) is 6.54 Å². The average molecular weight is 264 g/mol. The fraction of sp³-hybridized carbons (Fsp3) is 0.571. The summed E-state index contributed by atoms with van der Waals surface area (Å²) in [4.78, 5) is 25.7. The maximum atomic E-state index is 12.4. The predicted molar refractivity (Wildman–Crippen MR) is 70.3 cm³/mol. The largest absolute Gasteiger partial charge is 0.464 e. The number of hydrogen-bond donors (Lipinski definition) is 1. The molecule has 1 N–H and O–H groups in total. The second-order valence-corrected chi connectivity index (χ2v) is 4.93. The Kier molecular flexibility index (Phi) is 4.24. The maximum absolute atomic E-state index is 12.4. The molecule has 1 aliphatic heterocycles. The van der Waals surface area contributed by atoms with Gasteiger partial charge in [-0.3, -0.25) is 9.59 Å². The Morgan fingerprint density at radius 3 is 2.84 bits per heavy atom. The second kappa shape index (κ2) is 5.91. The van der Waals surface area contributed by atoms with E-state index < -0.39 is 6.04 Å². The number of furan rings is 1. The quantitative estimate of drug-likeness (QED) is 0.898. The van der Waals surface area contributed by atoms with Gasteiger partial charge in [0.2, 0.25) is 11.8 Å². The van der Waals surface area contributed by atoms with Crippen LogP contribution in [0.15, 0.2) is 16.5 Å². The Balaban J connectivity index is 2.09. The zero-order valence-electron chi connectivity index (χ0n) is 11.4. The minimum Gasteiger partial charge on any atom is -0.464 e. The van der Waals surface area contributed by atoms with Crippen LogP contribution in [0.25, 0.3) is 0 Å². The van der Waals surface area contributed by atoms with Crippen LogP contribution in [-0.2, 0) is 16.1 Å². The molecule has 104 valence electrons. The molecule has 1 unspecified atom stereocenters. The van der Waals surface area contributed by atoms with E-state index >= 15 is 0 Å².